The number of hydrogen-bond acceptors (Lipinski definition) is 5. The summed E-state index contributed by atoms with van der Waals surface area (Å²) >= 11 is 1.44. The lowest BCUT2D eigenvalue weighted by Crippen LogP contribution is -2.21. The molecule has 2 aromatic heterocycles. The van der Waals surface area contributed by atoms with Crippen LogP contribution in [0.25, 0.3) is 0 Å². The third-order valence-corrected chi connectivity index (χ3v) is 3.56. The Hall–Kier alpha value is -1.27. The van der Waals surface area contributed by atoms with Crippen molar-refractivity contribution in [2.24, 2.45) is 7.05 Å². The molecule has 2 heterocycles. The van der Waals surface area contributed by atoms with Gasteiger partial charge in [0.25, 0.3) is 0 Å². The Morgan fingerprint density at radius 2 is 2.18 bits per heavy atom. The third-order valence-electron chi connectivity index (χ3n) is 2.75. The highest BCUT2D eigenvalue weighted by Gasteiger charge is 2.24. The molecule has 0 radical (unpaired) electrons. The van der Waals surface area contributed by atoms with Gasteiger partial charge < -0.3 is 9.88 Å². The second kappa shape index (κ2) is 4.93. The van der Waals surface area contributed by atoms with Gasteiger partial charge in [0.1, 0.15) is 11.9 Å². The lowest BCUT2D eigenvalue weighted by atomic mass is 10.1. The van der Waals surface area contributed by atoms with Crippen molar-refractivity contribution in [2.45, 2.75) is 25.8 Å². The van der Waals surface area contributed by atoms with Gasteiger partial charge in [0.2, 0.25) is 0 Å². The Morgan fingerprint density at radius 3 is 2.71 bits per heavy atom. The molecule has 1 atom stereocenters. The molecule has 0 saturated heterocycles. The van der Waals surface area contributed by atoms with Gasteiger partial charge in [-0.3, -0.25) is 0 Å². The average Bonchev–Trinajstić information content (AvgIpc) is 2.90. The van der Waals surface area contributed by atoms with E-state index in [1.165, 1.54) is 11.5 Å². The van der Waals surface area contributed by atoms with Gasteiger partial charge in [-0.1, -0.05) is 18.3 Å². The van der Waals surface area contributed by atoms with Crippen LogP contribution >= 0.6 is 11.5 Å². The first-order valence-corrected chi connectivity index (χ1v) is 6.39. The van der Waals surface area contributed by atoms with Crippen molar-refractivity contribution in [3.05, 3.63) is 28.8 Å². The molecular weight excluding hydrogens is 234 g/mol. The number of aryl methyl sites for hydroxylation is 1. The third kappa shape index (κ3) is 2.23. The van der Waals surface area contributed by atoms with Crippen molar-refractivity contribution in [3.8, 4) is 0 Å². The maximum absolute atomic E-state index is 4.39. The number of aromatic nitrogens is 4. The summed E-state index contributed by atoms with van der Waals surface area (Å²) in [5, 5.41) is 7.51. The molecule has 5 nitrogen and oxygen atoms in total. The molecule has 0 aliphatic rings. The Balaban J connectivity index is 2.43. The van der Waals surface area contributed by atoms with Crippen LogP contribution in [-0.4, -0.2) is 26.2 Å². The maximum Gasteiger partial charge on any atom is 0.131 e. The van der Waals surface area contributed by atoms with Crippen LogP contribution in [0.15, 0.2) is 12.4 Å². The van der Waals surface area contributed by atoms with E-state index in [1.807, 2.05) is 31.1 Å². The Labute approximate surface area is 105 Å². The van der Waals surface area contributed by atoms with Gasteiger partial charge in [0, 0.05) is 19.4 Å². The van der Waals surface area contributed by atoms with E-state index in [0.29, 0.717) is 5.92 Å². The molecule has 0 aliphatic carbocycles. The van der Waals surface area contributed by atoms with Crippen molar-refractivity contribution in [1.82, 2.24) is 24.5 Å². The Morgan fingerprint density at radius 1 is 1.41 bits per heavy atom. The predicted octanol–water partition coefficient (Wildman–Crippen LogP) is 1.70. The molecule has 0 bridgehead atoms. The molecule has 0 fully saturated rings. The van der Waals surface area contributed by atoms with E-state index in [-0.39, 0.29) is 6.04 Å². The van der Waals surface area contributed by atoms with Crippen LogP contribution in [0, 0.1) is 0 Å². The Bertz CT molecular complexity index is 488. The topological polar surface area (TPSA) is 55.6 Å². The van der Waals surface area contributed by atoms with Crippen LogP contribution in [0.3, 0.4) is 0 Å². The van der Waals surface area contributed by atoms with E-state index < -0.39 is 0 Å². The van der Waals surface area contributed by atoms with Gasteiger partial charge in [-0.05, 0) is 24.5 Å². The summed E-state index contributed by atoms with van der Waals surface area (Å²) in [6.45, 7) is 4.26. The van der Waals surface area contributed by atoms with Gasteiger partial charge in [0.05, 0.1) is 10.6 Å². The molecular formula is C11H17N5S. The van der Waals surface area contributed by atoms with Crippen LogP contribution < -0.4 is 5.32 Å². The van der Waals surface area contributed by atoms with Gasteiger partial charge in [-0.25, -0.2) is 4.98 Å². The van der Waals surface area contributed by atoms with Gasteiger partial charge in [-0.2, -0.15) is 0 Å². The minimum atomic E-state index is 0.0624. The first-order valence-electron chi connectivity index (χ1n) is 5.61. The van der Waals surface area contributed by atoms with Crippen LogP contribution in [0.1, 0.15) is 42.2 Å². The second-order valence-corrected chi connectivity index (χ2v) is 5.08. The van der Waals surface area contributed by atoms with Crippen molar-refractivity contribution in [3.63, 3.8) is 0 Å². The normalized spacial score (nSPS) is 13.2. The highest BCUT2D eigenvalue weighted by molar-refractivity contribution is 7.05. The van der Waals surface area contributed by atoms with Crippen molar-refractivity contribution in [1.29, 1.82) is 0 Å². The summed E-state index contributed by atoms with van der Waals surface area (Å²) in [4.78, 5) is 5.54. The second-order valence-electron chi connectivity index (χ2n) is 4.30. The van der Waals surface area contributed by atoms with Gasteiger partial charge in [-0.15, -0.1) is 5.10 Å². The average molecular weight is 251 g/mol. The summed E-state index contributed by atoms with van der Waals surface area (Å²) in [5.74, 6) is 1.36. The molecule has 6 heteroatoms. The molecule has 0 aliphatic heterocycles. The molecule has 1 unspecified atom stereocenters. The highest BCUT2D eigenvalue weighted by Crippen LogP contribution is 2.29. The minimum Gasteiger partial charge on any atom is -0.336 e. The van der Waals surface area contributed by atoms with Crippen molar-refractivity contribution < 1.29 is 0 Å². The molecule has 0 saturated carbocycles. The lowest BCUT2D eigenvalue weighted by molar-refractivity contribution is 0.613. The molecule has 0 amide bonds. The zero-order valence-corrected chi connectivity index (χ0v) is 11.3. The van der Waals surface area contributed by atoms with Crippen molar-refractivity contribution in [2.75, 3.05) is 7.05 Å². The highest BCUT2D eigenvalue weighted by atomic mass is 32.1. The Kier molecular flexibility index (Phi) is 3.54. The first-order chi connectivity index (χ1) is 8.15. The fraction of sp³-hybridized carbons (Fsp3) is 0.545. The van der Waals surface area contributed by atoms with Gasteiger partial charge >= 0.3 is 0 Å². The molecule has 2 aromatic rings. The summed E-state index contributed by atoms with van der Waals surface area (Å²) in [5.41, 5.74) is 1.05. The standard InChI is InChI=1S/C11H17N5S/c1-7(2)8-10(17-15-14-8)9(12-3)11-13-5-6-16(11)4/h5-7,9,12H,1-4H3. The molecule has 1 N–H and O–H groups in total. The van der Waals surface area contributed by atoms with Gasteiger partial charge in [0.15, 0.2) is 0 Å². The van der Waals surface area contributed by atoms with Crippen LogP contribution in [-0.2, 0) is 7.05 Å². The van der Waals surface area contributed by atoms with Crippen LogP contribution in [0.2, 0.25) is 0 Å². The summed E-state index contributed by atoms with van der Waals surface area (Å²) in [6, 6.07) is 0.0624. The summed E-state index contributed by atoms with van der Waals surface area (Å²) < 4.78 is 6.09. The first kappa shape index (κ1) is 12.2. The molecule has 0 spiro atoms. The monoisotopic (exact) mass is 251 g/mol. The molecule has 92 valence electrons. The zero-order chi connectivity index (χ0) is 12.4. The smallest absolute Gasteiger partial charge is 0.131 e. The van der Waals surface area contributed by atoms with E-state index in [4.69, 9.17) is 0 Å². The summed E-state index contributed by atoms with van der Waals surface area (Å²) in [6.07, 6.45) is 3.76. The predicted molar refractivity (Wildman–Crippen MR) is 68.1 cm³/mol. The number of hydrogen-bond donors (Lipinski definition) is 1. The largest absolute Gasteiger partial charge is 0.336 e. The minimum absolute atomic E-state index is 0.0624. The molecule has 0 aromatic carbocycles. The van der Waals surface area contributed by atoms with E-state index >= 15 is 0 Å². The van der Waals surface area contributed by atoms with Crippen LogP contribution in [0.5, 0.6) is 0 Å². The fourth-order valence-corrected chi connectivity index (χ4v) is 2.75. The van der Waals surface area contributed by atoms with E-state index in [2.05, 4.69) is 33.7 Å². The number of nitrogens with one attached hydrogen (secondary N) is 1. The number of rotatable bonds is 4. The lowest BCUT2D eigenvalue weighted by Gasteiger charge is -2.16. The summed E-state index contributed by atoms with van der Waals surface area (Å²) in [7, 11) is 3.93. The zero-order valence-electron chi connectivity index (χ0n) is 10.5. The number of imidazole rings is 1. The molecule has 2 rings (SSSR count). The maximum atomic E-state index is 4.39. The van der Waals surface area contributed by atoms with E-state index in [0.717, 1.165) is 16.4 Å². The fourth-order valence-electron chi connectivity index (χ4n) is 1.84. The quantitative estimate of drug-likeness (QED) is 0.898. The van der Waals surface area contributed by atoms with E-state index in [9.17, 15) is 0 Å². The van der Waals surface area contributed by atoms with Crippen molar-refractivity contribution >= 4 is 11.5 Å². The number of nitrogens with zero attached hydrogens (tertiary/aromatic N) is 4. The van der Waals surface area contributed by atoms with E-state index in [1.54, 1.807) is 0 Å². The molecule has 17 heavy (non-hydrogen) atoms. The SMILES string of the molecule is CNC(c1snnc1C(C)C)c1nccn1C. The van der Waals surface area contributed by atoms with Crippen LogP contribution in [0.4, 0.5) is 0 Å².